The molecule has 1 spiro atoms. The Kier molecular flexibility index (Phi) is 15.5. The molecule has 5 amide bonds. The maximum atomic E-state index is 14.0. The van der Waals surface area contributed by atoms with Gasteiger partial charge in [0.2, 0.25) is 23.6 Å². The van der Waals surface area contributed by atoms with Crippen molar-refractivity contribution in [1.82, 2.24) is 25.8 Å². The molecule has 4 rings (SSSR count). The number of nitrogens with zero attached hydrogens (tertiary/aromatic N) is 2. The zero-order valence-corrected chi connectivity index (χ0v) is 31.8. The average molecular weight is 748 g/mol. The summed E-state index contributed by atoms with van der Waals surface area (Å²) in [6.45, 7) is 6.07. The molecule has 4 atom stereocenters. The van der Waals surface area contributed by atoms with E-state index in [-0.39, 0.29) is 30.1 Å². The van der Waals surface area contributed by atoms with Crippen molar-refractivity contribution in [2.75, 3.05) is 39.8 Å². The molecule has 2 aromatic rings. The number of hydrogen-bond acceptors (Lipinski definition) is 9. The second-order valence-electron chi connectivity index (χ2n) is 15.1. The minimum Gasteiger partial charge on any atom is -0.462 e. The number of piperidine rings is 1. The van der Waals surface area contributed by atoms with Gasteiger partial charge >= 0.3 is 11.9 Å². The Balaban J connectivity index is 1.43. The van der Waals surface area contributed by atoms with Gasteiger partial charge in [-0.1, -0.05) is 74.5 Å². The van der Waals surface area contributed by atoms with Gasteiger partial charge in [-0.3, -0.25) is 24.0 Å². The van der Waals surface area contributed by atoms with Crippen LogP contribution in [-0.4, -0.2) is 109 Å². The maximum Gasteiger partial charge on any atom is 0.396 e. The van der Waals surface area contributed by atoms with Gasteiger partial charge in [0.15, 0.2) is 0 Å². The molecule has 0 saturated carbocycles. The number of likely N-dealkylation sites (tertiary alicyclic amines) is 2. The number of nitrogens with one attached hydrogen (secondary N) is 3. The molecule has 0 bridgehead atoms. The van der Waals surface area contributed by atoms with Crippen molar-refractivity contribution in [3.63, 3.8) is 0 Å². The largest absolute Gasteiger partial charge is 0.462 e. The Hall–Kier alpha value is -4.82. The Morgan fingerprint density at radius 1 is 0.741 bits per heavy atom. The lowest BCUT2D eigenvalue weighted by Crippen LogP contribution is -2.64. The van der Waals surface area contributed by atoms with E-state index in [1.165, 1.54) is 12.0 Å². The lowest BCUT2D eigenvalue weighted by molar-refractivity contribution is -0.167. The van der Waals surface area contributed by atoms with E-state index < -0.39 is 53.8 Å². The topological polar surface area (TPSA) is 206 Å². The van der Waals surface area contributed by atoms with Crippen molar-refractivity contribution in [1.29, 1.82) is 0 Å². The fourth-order valence-electron chi connectivity index (χ4n) is 7.16. The maximum absolute atomic E-state index is 14.0. The first-order valence-corrected chi connectivity index (χ1v) is 19.0. The van der Waals surface area contributed by atoms with Crippen LogP contribution in [0.1, 0.15) is 63.5 Å². The number of carbonyl (C=O) groups is 6. The second kappa shape index (κ2) is 20.0. The van der Waals surface area contributed by atoms with Crippen LogP contribution in [-0.2, 0) is 46.3 Å². The fraction of sp³-hybridized carbons (Fsp3) is 0.550. The number of hydrogen-bond donors (Lipinski definition) is 5. The quantitative estimate of drug-likeness (QED) is 0.0890. The lowest BCUT2D eigenvalue weighted by Gasteiger charge is -2.53. The van der Waals surface area contributed by atoms with Gasteiger partial charge in [0.25, 0.3) is 0 Å². The molecule has 2 aromatic carbocycles. The van der Waals surface area contributed by atoms with Crippen LogP contribution in [0.15, 0.2) is 60.7 Å². The summed E-state index contributed by atoms with van der Waals surface area (Å²) >= 11 is 0. The Labute approximate surface area is 318 Å². The van der Waals surface area contributed by atoms with Gasteiger partial charge in [-0.15, -0.1) is 0 Å². The molecular weight excluding hydrogens is 690 g/mol. The summed E-state index contributed by atoms with van der Waals surface area (Å²) < 4.78 is 4.56. The number of unbranched alkanes of at least 4 members (excludes halogenated alkanes) is 1. The molecule has 2 aliphatic heterocycles. The first-order valence-electron chi connectivity index (χ1n) is 19.0. The summed E-state index contributed by atoms with van der Waals surface area (Å²) in [6.07, 6.45) is 3.74. The van der Waals surface area contributed by atoms with Gasteiger partial charge < -0.3 is 42.0 Å². The lowest BCUT2D eigenvalue weighted by atomic mass is 9.72. The Morgan fingerprint density at radius 3 is 1.83 bits per heavy atom. The summed E-state index contributed by atoms with van der Waals surface area (Å²) in [6, 6.07) is 14.9. The van der Waals surface area contributed by atoms with Gasteiger partial charge in [-0.05, 0) is 68.5 Å². The highest BCUT2D eigenvalue weighted by Gasteiger charge is 2.49. The van der Waals surface area contributed by atoms with Crippen LogP contribution in [0.4, 0.5) is 0 Å². The number of methoxy groups -OCH3 is 1. The van der Waals surface area contributed by atoms with Crippen LogP contribution in [0, 0.1) is 11.3 Å². The molecule has 54 heavy (non-hydrogen) atoms. The van der Waals surface area contributed by atoms with Gasteiger partial charge in [0.05, 0.1) is 13.2 Å². The third kappa shape index (κ3) is 11.8. The van der Waals surface area contributed by atoms with Crippen molar-refractivity contribution >= 4 is 35.5 Å². The number of rotatable bonds is 17. The highest BCUT2D eigenvalue weighted by molar-refractivity contribution is 6.32. The van der Waals surface area contributed by atoms with Crippen molar-refractivity contribution in [2.45, 2.75) is 89.4 Å². The fourth-order valence-corrected chi connectivity index (χ4v) is 7.16. The molecule has 2 fully saturated rings. The zero-order valence-electron chi connectivity index (χ0n) is 31.8. The smallest absolute Gasteiger partial charge is 0.396 e. The molecule has 0 aromatic heterocycles. The molecule has 0 aliphatic carbocycles. The SMILES string of the molecule is COC(=O)C(=O)N1CC2(CCN(C(=O)[C@@H](CCCCN)NC(=O)[C@@H](CC(C)C)NC(=O)[C@@H](Cc3ccccc3)NC(=O)[C@H](N)Cc3ccccc3)CC2)C1. The summed E-state index contributed by atoms with van der Waals surface area (Å²) in [7, 11) is 1.18. The predicted molar refractivity (Wildman–Crippen MR) is 203 cm³/mol. The van der Waals surface area contributed by atoms with Gasteiger partial charge in [-0.25, -0.2) is 4.79 Å². The second-order valence-corrected chi connectivity index (χ2v) is 15.1. The van der Waals surface area contributed by atoms with E-state index in [9.17, 15) is 28.8 Å². The Bertz CT molecular complexity index is 1570. The van der Waals surface area contributed by atoms with Crippen molar-refractivity contribution in [2.24, 2.45) is 22.8 Å². The normalized spacial score (nSPS) is 17.1. The minimum absolute atomic E-state index is 0.0142. The zero-order chi connectivity index (χ0) is 39.3. The molecule has 294 valence electrons. The van der Waals surface area contributed by atoms with Crippen LogP contribution in [0.25, 0.3) is 0 Å². The number of esters is 1. The number of benzene rings is 2. The van der Waals surface area contributed by atoms with Crippen molar-refractivity contribution < 1.29 is 33.5 Å². The molecule has 14 nitrogen and oxygen atoms in total. The molecule has 7 N–H and O–H groups in total. The third-order valence-corrected chi connectivity index (χ3v) is 10.3. The van der Waals surface area contributed by atoms with Crippen LogP contribution in [0.3, 0.4) is 0 Å². The first-order chi connectivity index (χ1) is 25.8. The average Bonchev–Trinajstić information content (AvgIpc) is 3.15. The van der Waals surface area contributed by atoms with Gasteiger partial charge in [0, 0.05) is 38.0 Å². The van der Waals surface area contributed by atoms with E-state index in [4.69, 9.17) is 11.5 Å². The van der Waals surface area contributed by atoms with E-state index in [2.05, 4.69) is 20.7 Å². The molecular formula is C40H57N7O7. The Morgan fingerprint density at radius 2 is 1.28 bits per heavy atom. The van der Waals surface area contributed by atoms with E-state index in [0.717, 1.165) is 11.1 Å². The monoisotopic (exact) mass is 747 g/mol. The first kappa shape index (κ1) is 41.9. The van der Waals surface area contributed by atoms with Crippen molar-refractivity contribution in [3.05, 3.63) is 71.8 Å². The van der Waals surface area contributed by atoms with E-state index in [1.807, 2.05) is 74.5 Å². The summed E-state index contributed by atoms with van der Waals surface area (Å²) in [5.41, 5.74) is 13.6. The summed E-state index contributed by atoms with van der Waals surface area (Å²) in [5, 5.41) is 8.67. The minimum atomic E-state index is -1.02. The number of amides is 5. The number of ether oxygens (including phenoxy) is 1. The summed E-state index contributed by atoms with van der Waals surface area (Å²) in [4.78, 5) is 82.3. The molecule has 14 heteroatoms. The number of nitrogens with two attached hydrogens (primary N) is 2. The van der Waals surface area contributed by atoms with Crippen molar-refractivity contribution in [3.8, 4) is 0 Å². The van der Waals surface area contributed by atoms with Crippen LogP contribution in [0.5, 0.6) is 0 Å². The van der Waals surface area contributed by atoms with E-state index >= 15 is 0 Å². The highest BCUT2D eigenvalue weighted by atomic mass is 16.5. The molecule has 2 saturated heterocycles. The van der Waals surface area contributed by atoms with Gasteiger partial charge in [0.1, 0.15) is 18.1 Å². The summed E-state index contributed by atoms with van der Waals surface area (Å²) in [5.74, 6) is -3.26. The molecule has 0 radical (unpaired) electrons. The van der Waals surface area contributed by atoms with E-state index in [0.29, 0.717) is 71.2 Å². The predicted octanol–water partition coefficient (Wildman–Crippen LogP) is 1.05. The third-order valence-electron chi connectivity index (χ3n) is 10.3. The standard InChI is InChI=1S/C40H57N7O7/c1-27(2)22-32(45-36(50)33(24-29-14-8-5-9-15-29)44-34(48)30(42)23-28-12-6-4-7-13-28)35(49)43-31(16-10-11-19-41)37(51)46-20-17-40(18-21-46)25-47(26-40)38(52)39(53)54-3/h4-9,12-15,27,30-33H,10-11,16-26,41-42H2,1-3H3,(H,43,49)(H,44,48)(H,45,50)/t30-,31-,32-,33-/m1/s1. The highest BCUT2D eigenvalue weighted by Crippen LogP contribution is 2.40. The van der Waals surface area contributed by atoms with Crippen LogP contribution in [0.2, 0.25) is 0 Å². The van der Waals surface area contributed by atoms with Crippen LogP contribution < -0.4 is 27.4 Å². The number of carbonyl (C=O) groups excluding carboxylic acids is 6. The van der Waals surface area contributed by atoms with E-state index in [1.54, 1.807) is 4.90 Å². The van der Waals surface area contributed by atoms with Crippen LogP contribution >= 0.6 is 0 Å². The van der Waals surface area contributed by atoms with Gasteiger partial charge in [-0.2, -0.15) is 0 Å². The molecule has 2 aliphatic rings. The molecule has 0 unspecified atom stereocenters. The molecule has 2 heterocycles.